The van der Waals surface area contributed by atoms with Crippen LogP contribution in [0.2, 0.25) is 0 Å². The second-order valence-corrected chi connectivity index (χ2v) is 11.6. The Morgan fingerprint density at radius 2 is 1.89 bits per heavy atom. The van der Waals surface area contributed by atoms with E-state index in [9.17, 15) is 24.6 Å². The summed E-state index contributed by atoms with van der Waals surface area (Å²) in [7, 11) is 0. The van der Waals surface area contributed by atoms with Crippen LogP contribution in [0.5, 0.6) is 0 Å². The van der Waals surface area contributed by atoms with E-state index in [1.54, 1.807) is 12.1 Å². The lowest BCUT2D eigenvalue weighted by atomic mass is 9.82. The number of hydrogen-bond acceptors (Lipinski definition) is 9. The van der Waals surface area contributed by atoms with Gasteiger partial charge in [-0.2, -0.15) is 0 Å². The third-order valence-corrected chi connectivity index (χ3v) is 8.18. The normalized spacial score (nSPS) is 30.0. The van der Waals surface area contributed by atoms with E-state index in [-0.39, 0.29) is 55.1 Å². The van der Waals surface area contributed by atoms with Crippen molar-refractivity contribution in [1.29, 1.82) is 0 Å². The van der Waals surface area contributed by atoms with E-state index in [1.165, 1.54) is 4.58 Å². The Balaban J connectivity index is 1.47. The molecule has 0 aliphatic carbocycles. The number of nitrogens with zero attached hydrogens (tertiary/aromatic N) is 2. The van der Waals surface area contributed by atoms with Crippen molar-refractivity contribution >= 4 is 29.6 Å². The van der Waals surface area contributed by atoms with Gasteiger partial charge in [0, 0.05) is 18.4 Å². The number of rotatable bonds is 4. The zero-order valence-corrected chi connectivity index (χ0v) is 22.0. The number of carbonyl (C=O) groups is 3. The molecule has 4 atom stereocenters. The number of nitrogens with two attached hydrogens (primary N) is 2. The van der Waals surface area contributed by atoms with Gasteiger partial charge in [-0.3, -0.25) is 41.1 Å². The summed E-state index contributed by atoms with van der Waals surface area (Å²) in [5, 5.41) is 32.1. The van der Waals surface area contributed by atoms with Crippen LogP contribution in [0.15, 0.2) is 18.2 Å². The van der Waals surface area contributed by atoms with Gasteiger partial charge in [-0.1, -0.05) is 32.9 Å². The Morgan fingerprint density at radius 3 is 2.53 bits per heavy atom. The van der Waals surface area contributed by atoms with Crippen molar-refractivity contribution in [3.05, 3.63) is 34.9 Å². The van der Waals surface area contributed by atoms with Crippen LogP contribution in [0.3, 0.4) is 0 Å². The molecule has 1 aromatic rings. The van der Waals surface area contributed by atoms with Crippen LogP contribution in [0.25, 0.3) is 0 Å². The van der Waals surface area contributed by atoms with Crippen molar-refractivity contribution < 1.29 is 34.2 Å². The summed E-state index contributed by atoms with van der Waals surface area (Å²) < 4.78 is 1.51. The van der Waals surface area contributed by atoms with Crippen molar-refractivity contribution in [1.82, 2.24) is 20.9 Å². The van der Waals surface area contributed by atoms with Crippen LogP contribution in [0, 0.1) is 6.92 Å². The summed E-state index contributed by atoms with van der Waals surface area (Å²) >= 11 is 0. The van der Waals surface area contributed by atoms with Gasteiger partial charge in [0.1, 0.15) is 12.1 Å². The van der Waals surface area contributed by atoms with Crippen LogP contribution in [0.4, 0.5) is 0 Å². The van der Waals surface area contributed by atoms with Crippen LogP contribution in [-0.4, -0.2) is 92.0 Å². The number of hydrogen-bond donors (Lipinski definition) is 8. The van der Waals surface area contributed by atoms with Gasteiger partial charge in [0.25, 0.3) is 17.4 Å². The smallest absolute Gasteiger partial charge is 0.347 e. The minimum Gasteiger partial charge on any atom is -0.358 e. The third-order valence-electron chi connectivity index (χ3n) is 8.18. The van der Waals surface area contributed by atoms with Crippen LogP contribution in [0.1, 0.15) is 55.1 Å². The van der Waals surface area contributed by atoms with Crippen molar-refractivity contribution in [2.45, 2.75) is 75.5 Å². The zero-order valence-electron chi connectivity index (χ0n) is 22.0. The monoisotopic (exact) mass is 528 g/mol. The van der Waals surface area contributed by atoms with Gasteiger partial charge < -0.3 is 15.5 Å². The molecule has 2 unspecified atom stereocenters. The first kappa shape index (κ1) is 25.9. The standard InChI is InChI=1S/C25H34N8O5/c1-12-13(6-5-7-14(12)23(2,3)4)20(36)29-16-11-33-22(27)28-15(10-32-17(34)8-9-18(32)35)19-24(33,25(16,37)38)31-21(26)30-19/h5-7,15-16,19,37-38H,8-11H2,1-4H3,(H6,26,27,28,29,30,31,36)/p+2/t15-,16?,19-,24?/m0/s1. The topological polar surface area (TPSA) is 200 Å². The Kier molecular flexibility index (Phi) is 5.73. The number of aliphatic hydroxyl groups is 2. The molecule has 4 aliphatic rings. The molecule has 4 aliphatic heterocycles. The van der Waals surface area contributed by atoms with Crippen LogP contribution < -0.4 is 32.4 Å². The fourth-order valence-electron chi connectivity index (χ4n) is 6.35. The summed E-state index contributed by atoms with van der Waals surface area (Å²) in [6.45, 7) is 7.94. The van der Waals surface area contributed by atoms with Gasteiger partial charge in [-0.05, 0) is 29.5 Å². The average molecular weight is 529 g/mol. The van der Waals surface area contributed by atoms with E-state index < -0.39 is 35.5 Å². The molecule has 2 saturated heterocycles. The second kappa shape index (κ2) is 8.40. The van der Waals surface area contributed by atoms with Crippen molar-refractivity contribution in [3.8, 4) is 0 Å². The maximum Gasteiger partial charge on any atom is 0.347 e. The third kappa shape index (κ3) is 3.63. The summed E-state index contributed by atoms with van der Waals surface area (Å²) in [4.78, 5) is 42.2. The lowest BCUT2D eigenvalue weighted by Gasteiger charge is -2.41. The molecule has 204 valence electrons. The summed E-state index contributed by atoms with van der Waals surface area (Å²) in [5.41, 5.74) is 12.8. The molecule has 13 heteroatoms. The van der Waals surface area contributed by atoms with Gasteiger partial charge in [-0.15, -0.1) is 0 Å². The molecular formula is C25H36N8O5+2. The number of imide groups is 1. The highest BCUT2D eigenvalue weighted by atomic mass is 16.5. The largest absolute Gasteiger partial charge is 0.358 e. The van der Waals surface area contributed by atoms with Crippen molar-refractivity contribution in [2.75, 3.05) is 13.1 Å². The maximum absolute atomic E-state index is 13.4. The molecule has 2 fully saturated rings. The van der Waals surface area contributed by atoms with E-state index in [4.69, 9.17) is 11.5 Å². The number of carbonyl (C=O) groups excluding carboxylic acids is 3. The van der Waals surface area contributed by atoms with Crippen molar-refractivity contribution in [3.63, 3.8) is 0 Å². The number of benzene rings is 1. The maximum atomic E-state index is 13.4. The summed E-state index contributed by atoms with van der Waals surface area (Å²) in [6, 6.07) is 2.76. The molecule has 0 aromatic heterocycles. The number of guanidine groups is 2. The minimum absolute atomic E-state index is 0.0491. The highest BCUT2D eigenvalue weighted by Gasteiger charge is 2.78. The fourth-order valence-corrected chi connectivity index (χ4v) is 6.35. The van der Waals surface area contributed by atoms with Crippen LogP contribution in [-0.2, 0) is 15.0 Å². The van der Waals surface area contributed by atoms with Gasteiger partial charge >= 0.3 is 11.9 Å². The Hall–Kier alpha value is -3.71. The van der Waals surface area contributed by atoms with Gasteiger partial charge in [0.15, 0.2) is 6.04 Å². The van der Waals surface area contributed by atoms with Crippen molar-refractivity contribution in [2.24, 2.45) is 11.5 Å². The second-order valence-electron chi connectivity index (χ2n) is 11.6. The quantitative estimate of drug-likeness (QED) is 0.108. The van der Waals surface area contributed by atoms with Gasteiger partial charge in [0.2, 0.25) is 11.8 Å². The molecule has 5 rings (SSSR count). The lowest BCUT2D eigenvalue weighted by Crippen LogP contribution is -2.92. The fraction of sp³-hybridized carbons (Fsp3) is 0.560. The predicted octanol–water partition coefficient (Wildman–Crippen LogP) is -4.40. The lowest BCUT2D eigenvalue weighted by molar-refractivity contribution is -0.674. The molecule has 1 aromatic carbocycles. The molecule has 1 spiro atoms. The number of likely N-dealkylation sites (tertiary alicyclic amines) is 1. The van der Waals surface area contributed by atoms with E-state index in [1.807, 2.05) is 13.0 Å². The number of amides is 3. The van der Waals surface area contributed by atoms with Crippen LogP contribution >= 0.6 is 0 Å². The van der Waals surface area contributed by atoms with Gasteiger partial charge in [0.05, 0.1) is 13.1 Å². The Bertz CT molecular complexity index is 1280. The molecule has 10 N–H and O–H groups in total. The predicted molar refractivity (Wildman–Crippen MR) is 135 cm³/mol. The Morgan fingerprint density at radius 1 is 1.24 bits per heavy atom. The Labute approximate surface area is 220 Å². The summed E-state index contributed by atoms with van der Waals surface area (Å²) in [5.74, 6) is -3.49. The molecule has 3 amide bonds. The SMILES string of the molecule is Cc1c(C(=O)NC2C[N+]3=C(N)N[C@@H](CN4C(=O)CCC4=O)[C@@H]4[NH+]=C(N)NC43C2(O)O)cccc1C(C)(C)C. The van der Waals surface area contributed by atoms with E-state index >= 15 is 0 Å². The molecular weight excluding hydrogens is 492 g/mol. The average Bonchev–Trinajstić information content (AvgIpc) is 3.41. The highest BCUT2D eigenvalue weighted by Crippen LogP contribution is 2.38. The first-order valence-corrected chi connectivity index (χ1v) is 12.7. The molecule has 0 bridgehead atoms. The number of nitrogens with one attached hydrogen (secondary N) is 4. The summed E-state index contributed by atoms with van der Waals surface area (Å²) in [6.07, 6.45) is 0.251. The van der Waals surface area contributed by atoms with E-state index in [0.717, 1.165) is 16.0 Å². The van der Waals surface area contributed by atoms with E-state index in [2.05, 4.69) is 41.7 Å². The minimum atomic E-state index is -2.57. The first-order chi connectivity index (χ1) is 17.7. The molecule has 4 heterocycles. The van der Waals surface area contributed by atoms with E-state index in [0.29, 0.717) is 5.56 Å². The molecule has 0 radical (unpaired) electrons. The highest BCUT2D eigenvalue weighted by molar-refractivity contribution is 6.02. The zero-order chi connectivity index (χ0) is 27.8. The molecule has 38 heavy (non-hydrogen) atoms. The molecule has 0 saturated carbocycles. The molecule has 13 nitrogen and oxygen atoms in total. The first-order valence-electron chi connectivity index (χ1n) is 12.7. The van der Waals surface area contributed by atoms with Gasteiger partial charge in [-0.25, -0.2) is 9.89 Å².